The van der Waals surface area contributed by atoms with Crippen LogP contribution in [0.25, 0.3) is 0 Å². The molecule has 0 spiro atoms. The summed E-state index contributed by atoms with van der Waals surface area (Å²) < 4.78 is 0. The Bertz CT molecular complexity index is 519. The van der Waals surface area contributed by atoms with E-state index in [0.29, 0.717) is 11.0 Å². The number of nitrogens with zero attached hydrogens (tertiary/aromatic N) is 3. The number of nitrogen functional groups attached to an aromatic ring is 1. The molecule has 0 unspecified atom stereocenters. The van der Waals surface area contributed by atoms with Gasteiger partial charge in [-0.3, -0.25) is 0 Å². The molecule has 0 aliphatic heterocycles. The molecule has 0 aliphatic carbocycles. The van der Waals surface area contributed by atoms with Crippen LogP contribution in [-0.4, -0.2) is 17.0 Å². The zero-order valence-corrected chi connectivity index (χ0v) is 11.1. The Kier molecular flexibility index (Phi) is 3.67. The predicted octanol–water partition coefficient (Wildman–Crippen LogP) is 3.04. The van der Waals surface area contributed by atoms with Gasteiger partial charge in [0.05, 0.1) is 0 Å². The molecule has 2 N–H and O–H groups in total. The van der Waals surface area contributed by atoms with Crippen LogP contribution in [0.15, 0.2) is 30.3 Å². The lowest BCUT2D eigenvalue weighted by molar-refractivity contribution is 1.08. The molecule has 0 saturated carbocycles. The summed E-state index contributed by atoms with van der Waals surface area (Å²) in [5, 5.41) is 0.342. The van der Waals surface area contributed by atoms with Crippen molar-refractivity contribution < 1.29 is 0 Å². The van der Waals surface area contributed by atoms with Crippen LogP contribution < -0.4 is 10.6 Å². The Morgan fingerprint density at radius 2 is 1.89 bits per heavy atom. The molecule has 18 heavy (non-hydrogen) atoms. The maximum absolute atomic E-state index is 5.87. The van der Waals surface area contributed by atoms with Gasteiger partial charge in [-0.1, -0.05) is 30.7 Å². The topological polar surface area (TPSA) is 55.0 Å². The van der Waals surface area contributed by atoms with Crippen molar-refractivity contribution in [3.8, 4) is 0 Å². The highest BCUT2D eigenvalue weighted by atomic mass is 35.5. The highest BCUT2D eigenvalue weighted by molar-refractivity contribution is 6.29. The number of hydrogen-bond acceptors (Lipinski definition) is 4. The van der Waals surface area contributed by atoms with Gasteiger partial charge in [-0.05, 0) is 24.1 Å². The molecule has 2 rings (SSSR count). The van der Waals surface area contributed by atoms with E-state index in [4.69, 9.17) is 17.3 Å². The summed E-state index contributed by atoms with van der Waals surface area (Å²) in [6.45, 7) is 2.13. The highest BCUT2D eigenvalue weighted by Gasteiger charge is 2.08. The van der Waals surface area contributed by atoms with Gasteiger partial charge in [0.2, 0.25) is 5.95 Å². The summed E-state index contributed by atoms with van der Waals surface area (Å²) in [5.74, 6) is 0.853. The van der Waals surface area contributed by atoms with Crippen LogP contribution in [0.2, 0.25) is 5.15 Å². The van der Waals surface area contributed by atoms with Crippen LogP contribution in [0.5, 0.6) is 0 Å². The first kappa shape index (κ1) is 12.6. The fourth-order valence-electron chi connectivity index (χ4n) is 1.68. The zero-order chi connectivity index (χ0) is 13.1. The fraction of sp³-hybridized carbons (Fsp3) is 0.231. The van der Waals surface area contributed by atoms with Gasteiger partial charge in [0, 0.05) is 18.8 Å². The van der Waals surface area contributed by atoms with E-state index in [9.17, 15) is 0 Å². The van der Waals surface area contributed by atoms with E-state index >= 15 is 0 Å². The predicted molar refractivity (Wildman–Crippen MR) is 75.3 cm³/mol. The van der Waals surface area contributed by atoms with E-state index in [0.717, 1.165) is 12.1 Å². The summed E-state index contributed by atoms with van der Waals surface area (Å²) >= 11 is 5.87. The molecular weight excluding hydrogens is 248 g/mol. The summed E-state index contributed by atoms with van der Waals surface area (Å²) in [7, 11) is 1.92. The quantitative estimate of drug-likeness (QED) is 0.864. The van der Waals surface area contributed by atoms with Crippen LogP contribution in [-0.2, 0) is 6.42 Å². The van der Waals surface area contributed by atoms with E-state index in [1.165, 1.54) is 5.56 Å². The van der Waals surface area contributed by atoms with Crippen molar-refractivity contribution in [2.45, 2.75) is 13.3 Å². The van der Waals surface area contributed by atoms with Gasteiger partial charge >= 0.3 is 0 Å². The third-order valence-electron chi connectivity index (χ3n) is 2.77. The highest BCUT2D eigenvalue weighted by Crippen LogP contribution is 2.24. The van der Waals surface area contributed by atoms with E-state index in [2.05, 4.69) is 29.0 Å². The normalized spacial score (nSPS) is 10.4. The molecule has 0 bridgehead atoms. The van der Waals surface area contributed by atoms with Gasteiger partial charge in [0.1, 0.15) is 11.0 Å². The smallest absolute Gasteiger partial charge is 0.223 e. The van der Waals surface area contributed by atoms with E-state index < -0.39 is 0 Å². The molecule has 94 valence electrons. The standard InChI is InChI=1S/C13H15ClN4/c1-3-9-4-6-10(7-5-9)18(2)12-8-11(14)16-13(15)17-12/h4-8H,3H2,1-2H3,(H2,15,16,17). The van der Waals surface area contributed by atoms with Crippen molar-refractivity contribution in [3.63, 3.8) is 0 Å². The zero-order valence-electron chi connectivity index (χ0n) is 10.4. The molecule has 4 nitrogen and oxygen atoms in total. The Balaban J connectivity index is 2.31. The van der Waals surface area contributed by atoms with Crippen molar-refractivity contribution in [3.05, 3.63) is 41.0 Å². The van der Waals surface area contributed by atoms with Crippen molar-refractivity contribution in [2.75, 3.05) is 17.7 Å². The third-order valence-corrected chi connectivity index (χ3v) is 2.97. The second-order valence-corrected chi connectivity index (χ2v) is 4.37. The lowest BCUT2D eigenvalue weighted by Crippen LogP contribution is -2.12. The maximum Gasteiger partial charge on any atom is 0.223 e. The lowest BCUT2D eigenvalue weighted by atomic mass is 10.1. The van der Waals surface area contributed by atoms with Crippen LogP contribution in [0.3, 0.4) is 0 Å². The van der Waals surface area contributed by atoms with Crippen LogP contribution in [0.4, 0.5) is 17.5 Å². The molecular formula is C13H15ClN4. The molecule has 0 atom stereocenters. The number of benzene rings is 1. The second kappa shape index (κ2) is 5.23. The fourth-order valence-corrected chi connectivity index (χ4v) is 1.87. The Morgan fingerprint density at radius 1 is 1.22 bits per heavy atom. The molecule has 0 aliphatic rings. The molecule has 5 heteroatoms. The first-order valence-corrected chi connectivity index (χ1v) is 6.10. The van der Waals surface area contributed by atoms with Crippen molar-refractivity contribution >= 4 is 29.1 Å². The third kappa shape index (κ3) is 2.71. The largest absolute Gasteiger partial charge is 0.368 e. The van der Waals surface area contributed by atoms with Gasteiger partial charge in [-0.25, -0.2) is 4.98 Å². The minimum absolute atomic E-state index is 0.175. The number of hydrogen-bond donors (Lipinski definition) is 1. The summed E-state index contributed by atoms with van der Waals surface area (Å²) in [5.41, 5.74) is 7.92. The number of halogens is 1. The average Bonchev–Trinajstić information content (AvgIpc) is 2.37. The molecule has 1 aromatic heterocycles. The lowest BCUT2D eigenvalue weighted by Gasteiger charge is -2.18. The van der Waals surface area contributed by atoms with Gasteiger partial charge < -0.3 is 10.6 Å². The summed E-state index contributed by atoms with van der Waals surface area (Å²) in [6.07, 6.45) is 1.02. The molecule has 0 radical (unpaired) electrons. The molecule has 0 amide bonds. The van der Waals surface area contributed by atoms with Crippen LogP contribution in [0, 0.1) is 0 Å². The van der Waals surface area contributed by atoms with Gasteiger partial charge in [-0.2, -0.15) is 4.98 Å². The number of nitrogens with two attached hydrogens (primary N) is 1. The maximum atomic E-state index is 5.87. The van der Waals surface area contributed by atoms with E-state index in [1.807, 2.05) is 24.1 Å². The number of aromatic nitrogens is 2. The van der Waals surface area contributed by atoms with E-state index in [1.54, 1.807) is 6.07 Å². The van der Waals surface area contributed by atoms with Crippen LogP contribution >= 0.6 is 11.6 Å². The first-order valence-electron chi connectivity index (χ1n) is 5.73. The molecule has 1 aromatic carbocycles. The van der Waals surface area contributed by atoms with Crippen molar-refractivity contribution in [1.29, 1.82) is 0 Å². The van der Waals surface area contributed by atoms with Gasteiger partial charge in [0.15, 0.2) is 0 Å². The summed E-state index contributed by atoms with van der Waals surface area (Å²) in [6, 6.07) is 9.97. The Hall–Kier alpha value is -1.81. The number of rotatable bonds is 3. The average molecular weight is 263 g/mol. The number of aryl methyl sites for hydroxylation is 1. The SMILES string of the molecule is CCc1ccc(N(C)c2cc(Cl)nc(N)n2)cc1. The van der Waals surface area contributed by atoms with Gasteiger partial charge in [-0.15, -0.1) is 0 Å². The van der Waals surface area contributed by atoms with E-state index in [-0.39, 0.29) is 5.95 Å². The monoisotopic (exact) mass is 262 g/mol. The number of anilines is 3. The Labute approximate surface area is 111 Å². The van der Waals surface area contributed by atoms with Crippen molar-refractivity contribution in [1.82, 2.24) is 9.97 Å². The molecule has 2 aromatic rings. The molecule has 0 fully saturated rings. The minimum atomic E-state index is 0.175. The van der Waals surface area contributed by atoms with Crippen molar-refractivity contribution in [2.24, 2.45) is 0 Å². The molecule has 1 heterocycles. The molecule has 0 saturated heterocycles. The first-order chi connectivity index (χ1) is 8.60. The van der Waals surface area contributed by atoms with Crippen LogP contribution in [0.1, 0.15) is 12.5 Å². The second-order valence-electron chi connectivity index (χ2n) is 3.99. The Morgan fingerprint density at radius 3 is 2.44 bits per heavy atom. The van der Waals surface area contributed by atoms with Gasteiger partial charge in [0.25, 0.3) is 0 Å². The minimum Gasteiger partial charge on any atom is -0.368 e. The summed E-state index contributed by atoms with van der Waals surface area (Å²) in [4.78, 5) is 9.92.